The molecule has 1 aliphatic carbocycles. The fourth-order valence-corrected chi connectivity index (χ4v) is 4.35. The molecular weight excluding hydrogens is 452 g/mol. The van der Waals surface area contributed by atoms with Crippen LogP contribution in [0.5, 0.6) is 11.5 Å². The van der Waals surface area contributed by atoms with Crippen LogP contribution in [0.25, 0.3) is 0 Å². The zero-order valence-electron chi connectivity index (χ0n) is 13.3. The summed E-state index contributed by atoms with van der Waals surface area (Å²) in [5.74, 6) is -6.69. The van der Waals surface area contributed by atoms with Crippen LogP contribution in [0.1, 0.15) is 34.7 Å². The molecule has 0 amide bonds. The number of carboxylic acids is 1. The Morgan fingerprint density at radius 1 is 1.15 bits per heavy atom. The van der Waals surface area contributed by atoms with Gasteiger partial charge in [-0.05, 0) is 42.5 Å². The molecule has 27 heavy (non-hydrogen) atoms. The van der Waals surface area contributed by atoms with Crippen molar-refractivity contribution in [1.82, 2.24) is 0 Å². The number of hydrogen-bond acceptors (Lipinski definition) is 5. The van der Waals surface area contributed by atoms with E-state index < -0.39 is 55.3 Å². The molecule has 4 N–H and O–H groups in total. The van der Waals surface area contributed by atoms with Crippen LogP contribution in [0, 0.1) is 11.6 Å². The Morgan fingerprint density at radius 2 is 1.78 bits per heavy atom. The maximum absolute atomic E-state index is 14.4. The number of aromatic carboxylic acids is 1. The molecule has 0 aliphatic heterocycles. The third-order valence-electron chi connectivity index (χ3n) is 4.02. The van der Waals surface area contributed by atoms with Gasteiger partial charge in [-0.15, -0.1) is 0 Å². The Labute approximate surface area is 160 Å². The van der Waals surface area contributed by atoms with Gasteiger partial charge in [0.25, 0.3) is 10.0 Å². The summed E-state index contributed by atoms with van der Waals surface area (Å²) < 4.78 is 55.0. The second-order valence-corrected chi connectivity index (χ2v) is 8.54. The minimum absolute atomic E-state index is 0.0198. The highest BCUT2D eigenvalue weighted by Gasteiger charge is 2.33. The number of halogens is 3. The van der Waals surface area contributed by atoms with Gasteiger partial charge in [-0.1, -0.05) is 15.9 Å². The number of rotatable bonds is 5. The number of anilines is 1. The first-order valence-electron chi connectivity index (χ1n) is 7.52. The molecule has 7 nitrogen and oxygen atoms in total. The lowest BCUT2D eigenvalue weighted by molar-refractivity contribution is 0.0688. The smallest absolute Gasteiger partial charge is 0.342 e. The van der Waals surface area contributed by atoms with Crippen LogP contribution in [-0.2, 0) is 10.0 Å². The molecule has 0 radical (unpaired) electrons. The third-order valence-corrected chi connectivity index (χ3v) is 5.86. The molecule has 1 saturated carbocycles. The molecule has 0 spiro atoms. The number of carbonyl (C=O) groups is 1. The maximum atomic E-state index is 14.4. The molecule has 0 saturated heterocycles. The first-order valence-corrected chi connectivity index (χ1v) is 9.80. The van der Waals surface area contributed by atoms with Gasteiger partial charge in [-0.3, -0.25) is 4.72 Å². The second-order valence-electron chi connectivity index (χ2n) is 5.97. The summed E-state index contributed by atoms with van der Waals surface area (Å²) >= 11 is 2.90. The number of phenols is 2. The molecule has 2 aromatic rings. The van der Waals surface area contributed by atoms with E-state index in [1.54, 1.807) is 0 Å². The molecule has 1 aliphatic rings. The first kappa shape index (κ1) is 19.4. The molecule has 3 rings (SSSR count). The van der Waals surface area contributed by atoms with E-state index in [0.29, 0.717) is 12.8 Å². The second kappa shape index (κ2) is 6.64. The lowest BCUT2D eigenvalue weighted by atomic mass is 10.0. The van der Waals surface area contributed by atoms with Crippen LogP contribution < -0.4 is 4.72 Å². The van der Waals surface area contributed by atoms with Gasteiger partial charge in [-0.25, -0.2) is 22.0 Å². The van der Waals surface area contributed by atoms with E-state index in [0.717, 1.165) is 18.2 Å². The number of sulfonamides is 1. The van der Waals surface area contributed by atoms with Crippen molar-refractivity contribution >= 4 is 37.6 Å². The van der Waals surface area contributed by atoms with E-state index in [2.05, 4.69) is 15.9 Å². The largest absolute Gasteiger partial charge is 0.505 e. The van der Waals surface area contributed by atoms with Gasteiger partial charge in [-0.2, -0.15) is 0 Å². The predicted molar refractivity (Wildman–Crippen MR) is 93.6 cm³/mol. The van der Waals surface area contributed by atoms with Crippen LogP contribution in [0.2, 0.25) is 0 Å². The van der Waals surface area contributed by atoms with Crippen LogP contribution in [0.4, 0.5) is 14.5 Å². The van der Waals surface area contributed by atoms with Crippen LogP contribution >= 0.6 is 15.9 Å². The van der Waals surface area contributed by atoms with Crippen molar-refractivity contribution in [2.45, 2.75) is 23.7 Å². The van der Waals surface area contributed by atoms with Crippen LogP contribution in [-0.4, -0.2) is 29.7 Å². The number of aromatic hydroxyl groups is 2. The molecule has 0 atom stereocenters. The number of hydrogen-bond donors (Lipinski definition) is 4. The van der Waals surface area contributed by atoms with E-state index in [-0.39, 0.29) is 16.0 Å². The zero-order valence-corrected chi connectivity index (χ0v) is 15.7. The van der Waals surface area contributed by atoms with Gasteiger partial charge in [0.05, 0.1) is 5.69 Å². The van der Waals surface area contributed by atoms with E-state index in [9.17, 15) is 32.2 Å². The third kappa shape index (κ3) is 3.56. The Morgan fingerprint density at radius 3 is 2.33 bits per heavy atom. The van der Waals surface area contributed by atoms with Crippen molar-refractivity contribution in [3.8, 4) is 11.5 Å². The van der Waals surface area contributed by atoms with E-state index in [1.807, 2.05) is 4.72 Å². The van der Waals surface area contributed by atoms with Gasteiger partial charge < -0.3 is 15.3 Å². The molecule has 0 heterocycles. The summed E-state index contributed by atoms with van der Waals surface area (Å²) in [6.07, 6.45) is 1.18. The Bertz CT molecular complexity index is 1070. The maximum Gasteiger partial charge on any atom is 0.342 e. The van der Waals surface area contributed by atoms with Crippen molar-refractivity contribution in [3.05, 3.63) is 45.4 Å². The highest BCUT2D eigenvalue weighted by atomic mass is 79.9. The highest BCUT2D eigenvalue weighted by Crippen LogP contribution is 2.46. The van der Waals surface area contributed by atoms with E-state index in [4.69, 9.17) is 5.11 Å². The number of carboxylic acid groups (broad SMARTS) is 1. The predicted octanol–water partition coefficient (Wildman–Crippen LogP) is 3.51. The normalized spacial score (nSPS) is 14.2. The van der Waals surface area contributed by atoms with E-state index in [1.165, 1.54) is 0 Å². The summed E-state index contributed by atoms with van der Waals surface area (Å²) in [7, 11) is -4.63. The minimum atomic E-state index is -4.63. The molecule has 0 aromatic heterocycles. The Kier molecular flexibility index (Phi) is 4.76. The molecule has 2 aromatic carbocycles. The van der Waals surface area contributed by atoms with E-state index >= 15 is 0 Å². The average Bonchev–Trinajstić information content (AvgIpc) is 3.37. The quantitative estimate of drug-likeness (QED) is 0.503. The van der Waals surface area contributed by atoms with Crippen LogP contribution in [0.3, 0.4) is 0 Å². The van der Waals surface area contributed by atoms with Crippen molar-refractivity contribution in [1.29, 1.82) is 0 Å². The summed E-state index contributed by atoms with van der Waals surface area (Å²) in [5.41, 5.74) is -1.70. The number of benzene rings is 2. The lowest BCUT2D eigenvalue weighted by Crippen LogP contribution is -2.16. The van der Waals surface area contributed by atoms with Gasteiger partial charge in [0.1, 0.15) is 16.3 Å². The topological polar surface area (TPSA) is 124 Å². The lowest BCUT2D eigenvalue weighted by Gasteiger charge is -2.15. The van der Waals surface area contributed by atoms with Crippen molar-refractivity contribution in [2.75, 3.05) is 4.72 Å². The van der Waals surface area contributed by atoms with Crippen LogP contribution in [0.15, 0.2) is 27.6 Å². The van der Waals surface area contributed by atoms with Gasteiger partial charge in [0, 0.05) is 4.47 Å². The van der Waals surface area contributed by atoms with Crippen molar-refractivity contribution in [3.63, 3.8) is 0 Å². The molecular formula is C16H12BrF2NO6S. The standard InChI is InChI=1S/C16H12BrF2NO6S/c17-7-3-9(18)14(21)11(4-7)27(25,26)20-10-5-8(6-1-2-6)13(19)12(15(10)22)16(23)24/h3-6,20-22H,1-2H2,(H,23,24). The molecule has 0 unspecified atom stereocenters. The molecule has 0 bridgehead atoms. The van der Waals surface area contributed by atoms with Gasteiger partial charge in [0.2, 0.25) is 0 Å². The number of nitrogens with one attached hydrogen (secondary N) is 1. The number of phenolic OH excluding ortho intramolecular Hbond substituents is 1. The van der Waals surface area contributed by atoms with Gasteiger partial charge >= 0.3 is 5.97 Å². The fourth-order valence-electron chi connectivity index (χ4n) is 2.58. The molecule has 1 fully saturated rings. The first-order chi connectivity index (χ1) is 12.5. The molecule has 144 valence electrons. The molecule has 11 heteroatoms. The summed E-state index contributed by atoms with van der Waals surface area (Å²) in [5, 5.41) is 28.9. The zero-order chi connectivity index (χ0) is 20.1. The fraction of sp³-hybridized carbons (Fsp3) is 0.188. The summed E-state index contributed by atoms with van der Waals surface area (Å²) in [6.45, 7) is 0. The summed E-state index contributed by atoms with van der Waals surface area (Å²) in [4.78, 5) is 10.5. The van der Waals surface area contributed by atoms with Crippen molar-refractivity contribution < 1.29 is 37.3 Å². The Balaban J connectivity index is 2.14. The highest BCUT2D eigenvalue weighted by molar-refractivity contribution is 9.10. The monoisotopic (exact) mass is 463 g/mol. The van der Waals surface area contributed by atoms with Crippen molar-refractivity contribution in [2.24, 2.45) is 0 Å². The van der Waals surface area contributed by atoms with Gasteiger partial charge in [0.15, 0.2) is 17.3 Å². The Hall–Kier alpha value is -2.40. The SMILES string of the molecule is O=C(O)c1c(O)c(NS(=O)(=O)c2cc(Br)cc(F)c2O)cc(C2CC2)c1F. The minimum Gasteiger partial charge on any atom is -0.505 e. The summed E-state index contributed by atoms with van der Waals surface area (Å²) in [6, 6.07) is 2.76. The average molecular weight is 464 g/mol.